The van der Waals surface area contributed by atoms with Crippen molar-refractivity contribution in [2.24, 2.45) is 0 Å². The van der Waals surface area contributed by atoms with E-state index >= 15 is 0 Å². The summed E-state index contributed by atoms with van der Waals surface area (Å²) >= 11 is 0. The van der Waals surface area contributed by atoms with E-state index in [1.807, 2.05) is 0 Å². The van der Waals surface area contributed by atoms with Gasteiger partial charge in [0.15, 0.2) is 5.78 Å². The lowest BCUT2D eigenvalue weighted by molar-refractivity contribution is 0.100. The average Bonchev–Trinajstić information content (AvgIpc) is 2.34. The minimum Gasteiger partial charge on any atom is -0.293 e. The molecule has 66 valence electrons. The van der Waals surface area contributed by atoms with Gasteiger partial charge in [-0.3, -0.25) is 9.48 Å². The van der Waals surface area contributed by atoms with E-state index in [9.17, 15) is 13.6 Å². The molecule has 0 spiro atoms. The molecule has 1 rings (SSSR count). The number of hydrogen-bond acceptors (Lipinski definition) is 2. The zero-order chi connectivity index (χ0) is 9.14. The number of halogens is 2. The van der Waals surface area contributed by atoms with Gasteiger partial charge in [-0.25, -0.2) is 8.78 Å². The molecule has 0 N–H and O–H groups in total. The molecule has 0 saturated carbocycles. The summed E-state index contributed by atoms with van der Waals surface area (Å²) in [6, 6.07) is 1.42. The lowest BCUT2D eigenvalue weighted by Gasteiger charge is -1.97. The minimum absolute atomic E-state index is 0.218. The van der Waals surface area contributed by atoms with Crippen LogP contribution in [0.5, 0.6) is 0 Å². The molecule has 0 aliphatic rings. The van der Waals surface area contributed by atoms with Crippen LogP contribution < -0.4 is 0 Å². The third-order valence-corrected chi connectivity index (χ3v) is 1.33. The van der Waals surface area contributed by atoms with Gasteiger partial charge in [0.25, 0.3) is 6.43 Å². The second-order valence-electron chi connectivity index (χ2n) is 2.37. The van der Waals surface area contributed by atoms with Crippen LogP contribution >= 0.6 is 0 Å². The Balaban J connectivity index is 2.71. The maximum Gasteiger partial charge on any atom is 0.257 e. The monoisotopic (exact) mass is 174 g/mol. The standard InChI is InChI=1S/C7H8F2N2O/c1-5(12)6-2-3-11(10-6)4-7(8)9/h2-3,7H,4H2,1H3. The van der Waals surface area contributed by atoms with E-state index in [4.69, 9.17) is 0 Å². The highest BCUT2D eigenvalue weighted by Crippen LogP contribution is 2.00. The summed E-state index contributed by atoms with van der Waals surface area (Å²) in [6.07, 6.45) is -1.08. The zero-order valence-electron chi connectivity index (χ0n) is 6.50. The summed E-state index contributed by atoms with van der Waals surface area (Å²) < 4.78 is 24.6. The Hall–Kier alpha value is -1.26. The fourth-order valence-electron chi connectivity index (χ4n) is 0.793. The summed E-state index contributed by atoms with van der Waals surface area (Å²) in [5, 5.41) is 3.64. The number of carbonyl (C=O) groups is 1. The van der Waals surface area contributed by atoms with Crippen LogP contribution in [0.3, 0.4) is 0 Å². The van der Waals surface area contributed by atoms with E-state index in [0.717, 1.165) is 4.68 Å². The molecule has 0 aliphatic heterocycles. The number of aromatic nitrogens is 2. The molecule has 0 bridgehead atoms. The number of hydrogen-bond donors (Lipinski definition) is 0. The summed E-state index contributed by atoms with van der Waals surface area (Å²) in [4.78, 5) is 10.7. The van der Waals surface area contributed by atoms with Gasteiger partial charge < -0.3 is 0 Å². The van der Waals surface area contributed by atoms with Crippen molar-refractivity contribution in [2.75, 3.05) is 0 Å². The summed E-state index contributed by atoms with van der Waals surface area (Å²) in [7, 11) is 0. The molecule has 1 aromatic heterocycles. The van der Waals surface area contributed by atoms with Crippen molar-refractivity contribution >= 4 is 5.78 Å². The number of rotatable bonds is 3. The van der Waals surface area contributed by atoms with Crippen molar-refractivity contribution in [3.8, 4) is 0 Å². The minimum atomic E-state index is -2.44. The van der Waals surface area contributed by atoms with Crippen LogP contribution in [0.1, 0.15) is 17.4 Å². The van der Waals surface area contributed by atoms with Crippen LogP contribution in [0.15, 0.2) is 12.3 Å². The van der Waals surface area contributed by atoms with E-state index < -0.39 is 13.0 Å². The second kappa shape index (κ2) is 3.42. The van der Waals surface area contributed by atoms with E-state index in [1.54, 1.807) is 0 Å². The number of nitrogens with zero attached hydrogens (tertiary/aromatic N) is 2. The van der Waals surface area contributed by atoms with Crippen LogP contribution in [0.4, 0.5) is 8.78 Å². The molecule has 0 radical (unpaired) electrons. The summed E-state index contributed by atoms with van der Waals surface area (Å²) in [5.74, 6) is -0.219. The molecular formula is C7H8F2N2O. The van der Waals surface area contributed by atoms with E-state index in [2.05, 4.69) is 5.10 Å². The molecule has 1 aromatic rings. The first-order valence-electron chi connectivity index (χ1n) is 3.42. The van der Waals surface area contributed by atoms with Crippen molar-refractivity contribution in [3.63, 3.8) is 0 Å². The largest absolute Gasteiger partial charge is 0.293 e. The SMILES string of the molecule is CC(=O)c1ccn(CC(F)F)n1. The third-order valence-electron chi connectivity index (χ3n) is 1.33. The van der Waals surface area contributed by atoms with Crippen LogP contribution in [0.2, 0.25) is 0 Å². The third kappa shape index (κ3) is 2.11. The number of Topliss-reactive ketones (excluding diaryl/α,β-unsaturated/α-hetero) is 1. The molecule has 0 fully saturated rings. The average molecular weight is 174 g/mol. The Morgan fingerprint density at radius 3 is 2.83 bits per heavy atom. The first-order valence-corrected chi connectivity index (χ1v) is 3.42. The Morgan fingerprint density at radius 2 is 2.42 bits per heavy atom. The van der Waals surface area contributed by atoms with Crippen molar-refractivity contribution in [1.29, 1.82) is 0 Å². The number of alkyl halides is 2. The van der Waals surface area contributed by atoms with Crippen molar-refractivity contribution in [2.45, 2.75) is 19.9 Å². The van der Waals surface area contributed by atoms with Crippen LogP contribution in [-0.2, 0) is 6.54 Å². The topological polar surface area (TPSA) is 34.9 Å². The molecular weight excluding hydrogens is 166 g/mol. The molecule has 0 unspecified atom stereocenters. The van der Waals surface area contributed by atoms with Gasteiger partial charge in [0.2, 0.25) is 0 Å². The zero-order valence-corrected chi connectivity index (χ0v) is 6.50. The van der Waals surface area contributed by atoms with Gasteiger partial charge in [0.05, 0.1) is 0 Å². The Kier molecular flexibility index (Phi) is 2.52. The molecule has 3 nitrogen and oxygen atoms in total. The second-order valence-corrected chi connectivity index (χ2v) is 2.37. The maximum atomic E-state index is 11.8. The smallest absolute Gasteiger partial charge is 0.257 e. The Morgan fingerprint density at radius 1 is 1.75 bits per heavy atom. The van der Waals surface area contributed by atoms with Gasteiger partial charge in [0, 0.05) is 13.1 Å². The first kappa shape index (κ1) is 8.83. The Bertz CT molecular complexity index is 283. The summed E-state index contributed by atoms with van der Waals surface area (Å²) in [6.45, 7) is 0.877. The summed E-state index contributed by atoms with van der Waals surface area (Å²) in [5.41, 5.74) is 0.218. The highest BCUT2D eigenvalue weighted by Gasteiger charge is 2.07. The molecule has 1 heterocycles. The van der Waals surface area contributed by atoms with Gasteiger partial charge >= 0.3 is 0 Å². The molecule has 5 heteroatoms. The molecule has 12 heavy (non-hydrogen) atoms. The predicted octanol–water partition coefficient (Wildman–Crippen LogP) is 1.35. The fourth-order valence-corrected chi connectivity index (χ4v) is 0.793. The van der Waals surface area contributed by atoms with Crippen LogP contribution in [0.25, 0.3) is 0 Å². The first-order chi connectivity index (χ1) is 5.59. The highest BCUT2D eigenvalue weighted by atomic mass is 19.3. The van der Waals surface area contributed by atoms with Gasteiger partial charge in [0.1, 0.15) is 12.2 Å². The van der Waals surface area contributed by atoms with E-state index in [-0.39, 0.29) is 11.5 Å². The van der Waals surface area contributed by atoms with Crippen LogP contribution in [0, 0.1) is 0 Å². The lowest BCUT2D eigenvalue weighted by Crippen LogP contribution is -2.07. The van der Waals surface area contributed by atoms with Gasteiger partial charge in [-0.05, 0) is 6.07 Å². The van der Waals surface area contributed by atoms with E-state index in [0.29, 0.717) is 0 Å². The molecule has 0 atom stereocenters. The fraction of sp³-hybridized carbons (Fsp3) is 0.429. The van der Waals surface area contributed by atoms with Crippen molar-refractivity contribution < 1.29 is 13.6 Å². The van der Waals surface area contributed by atoms with Crippen molar-refractivity contribution in [1.82, 2.24) is 9.78 Å². The highest BCUT2D eigenvalue weighted by molar-refractivity contribution is 5.91. The van der Waals surface area contributed by atoms with Gasteiger partial charge in [-0.15, -0.1) is 0 Å². The number of carbonyl (C=O) groups excluding carboxylic acids is 1. The lowest BCUT2D eigenvalue weighted by atomic mass is 10.3. The Labute approximate surface area is 68.0 Å². The predicted molar refractivity (Wildman–Crippen MR) is 38.2 cm³/mol. The molecule has 0 aliphatic carbocycles. The number of ketones is 1. The van der Waals surface area contributed by atoms with Gasteiger partial charge in [-0.2, -0.15) is 5.10 Å². The maximum absolute atomic E-state index is 11.8. The molecule has 0 saturated heterocycles. The van der Waals surface area contributed by atoms with Crippen molar-refractivity contribution in [3.05, 3.63) is 18.0 Å². The molecule has 0 aromatic carbocycles. The normalized spacial score (nSPS) is 10.7. The quantitative estimate of drug-likeness (QED) is 0.648. The van der Waals surface area contributed by atoms with Gasteiger partial charge in [-0.1, -0.05) is 0 Å². The van der Waals surface area contributed by atoms with Crippen LogP contribution in [-0.4, -0.2) is 22.0 Å². The molecule has 0 amide bonds. The van der Waals surface area contributed by atoms with E-state index in [1.165, 1.54) is 19.2 Å².